The first-order valence-electron chi connectivity index (χ1n) is 9.00. The van der Waals surface area contributed by atoms with Crippen LogP contribution >= 0.6 is 34.7 Å². The van der Waals surface area contributed by atoms with Gasteiger partial charge in [-0.15, -0.1) is 11.3 Å². The molecule has 0 aliphatic carbocycles. The average Bonchev–Trinajstić information content (AvgIpc) is 3.29. The normalized spacial score (nSPS) is 14.9. The summed E-state index contributed by atoms with van der Waals surface area (Å²) in [6.07, 6.45) is 1.65. The van der Waals surface area contributed by atoms with E-state index in [4.69, 9.17) is 11.6 Å². The number of urea groups is 1. The monoisotopic (exact) mass is 471 g/mol. The van der Waals surface area contributed by atoms with Gasteiger partial charge in [0.2, 0.25) is 0 Å². The van der Waals surface area contributed by atoms with Crippen LogP contribution in [0.4, 0.5) is 10.5 Å². The van der Waals surface area contributed by atoms with Gasteiger partial charge in [-0.05, 0) is 48.0 Å². The van der Waals surface area contributed by atoms with Crippen LogP contribution in [0.1, 0.15) is 10.4 Å². The van der Waals surface area contributed by atoms with Gasteiger partial charge in [-0.25, -0.2) is 4.79 Å². The van der Waals surface area contributed by atoms with E-state index in [0.717, 1.165) is 18.9 Å². The summed E-state index contributed by atoms with van der Waals surface area (Å²) in [4.78, 5) is 38.2. The zero-order chi connectivity index (χ0) is 22.0. The Morgan fingerprint density at radius 1 is 1.06 bits per heavy atom. The SMILES string of the molecule is O=C1N/C(=C\c2ccc(Sc3ccc(Cl)cc3)s2)C(=O)N1Cc1ccc([N+](=O)[O-])cc1. The molecule has 0 saturated carbocycles. The third-order valence-electron chi connectivity index (χ3n) is 4.37. The molecule has 10 heteroatoms. The number of carbonyl (C=O) groups excluding carboxylic acids is 2. The van der Waals surface area contributed by atoms with E-state index in [2.05, 4.69) is 5.32 Å². The molecule has 1 fully saturated rings. The number of nitro groups is 1. The van der Waals surface area contributed by atoms with Crippen LogP contribution in [-0.2, 0) is 11.3 Å². The van der Waals surface area contributed by atoms with E-state index in [-0.39, 0.29) is 17.9 Å². The van der Waals surface area contributed by atoms with Gasteiger partial charge in [0.05, 0.1) is 15.7 Å². The zero-order valence-electron chi connectivity index (χ0n) is 15.8. The Hall–Kier alpha value is -3.14. The number of hydrogen-bond acceptors (Lipinski definition) is 6. The quantitative estimate of drug-likeness (QED) is 0.220. The Morgan fingerprint density at radius 3 is 2.45 bits per heavy atom. The summed E-state index contributed by atoms with van der Waals surface area (Å²) in [6, 6.07) is 16.6. The Labute approximate surface area is 190 Å². The molecule has 4 rings (SSSR count). The molecule has 1 aliphatic rings. The number of carbonyl (C=O) groups is 2. The topological polar surface area (TPSA) is 92.6 Å². The number of nitro benzene ring substituents is 1. The summed E-state index contributed by atoms with van der Waals surface area (Å²) in [7, 11) is 0. The van der Waals surface area contributed by atoms with Crippen molar-refractivity contribution in [2.45, 2.75) is 15.6 Å². The molecule has 2 aromatic carbocycles. The number of rotatable bonds is 6. The van der Waals surface area contributed by atoms with Crippen LogP contribution in [0.15, 0.2) is 75.5 Å². The van der Waals surface area contributed by atoms with Gasteiger partial charge in [0.15, 0.2) is 0 Å². The second kappa shape index (κ2) is 8.93. The molecule has 1 saturated heterocycles. The number of non-ortho nitro benzene ring substituents is 1. The second-order valence-electron chi connectivity index (χ2n) is 6.52. The van der Waals surface area contributed by atoms with Crippen molar-refractivity contribution in [2.75, 3.05) is 0 Å². The van der Waals surface area contributed by atoms with Crippen LogP contribution in [0.3, 0.4) is 0 Å². The second-order valence-corrected chi connectivity index (χ2v) is 9.44. The predicted molar refractivity (Wildman–Crippen MR) is 120 cm³/mol. The molecule has 3 amide bonds. The van der Waals surface area contributed by atoms with Crippen LogP contribution in [-0.4, -0.2) is 21.8 Å². The van der Waals surface area contributed by atoms with Crippen molar-refractivity contribution in [3.8, 4) is 0 Å². The minimum atomic E-state index is -0.526. The smallest absolute Gasteiger partial charge is 0.303 e. The lowest BCUT2D eigenvalue weighted by Crippen LogP contribution is -2.30. The predicted octanol–water partition coefficient (Wildman–Crippen LogP) is 5.55. The molecule has 156 valence electrons. The molecule has 31 heavy (non-hydrogen) atoms. The third kappa shape index (κ3) is 4.96. The van der Waals surface area contributed by atoms with Crippen molar-refractivity contribution in [3.05, 3.63) is 91.9 Å². The van der Waals surface area contributed by atoms with Crippen molar-refractivity contribution < 1.29 is 14.5 Å². The van der Waals surface area contributed by atoms with Crippen LogP contribution in [0, 0.1) is 10.1 Å². The van der Waals surface area contributed by atoms with Gasteiger partial charge in [-0.2, -0.15) is 0 Å². The van der Waals surface area contributed by atoms with Crippen LogP contribution < -0.4 is 5.32 Å². The molecular formula is C21H14ClN3O4S2. The third-order valence-corrected chi connectivity index (χ3v) is 6.79. The van der Waals surface area contributed by atoms with Gasteiger partial charge in [0.1, 0.15) is 5.70 Å². The van der Waals surface area contributed by atoms with Gasteiger partial charge >= 0.3 is 6.03 Å². The molecule has 0 unspecified atom stereocenters. The van der Waals surface area contributed by atoms with Gasteiger partial charge < -0.3 is 5.32 Å². The maximum absolute atomic E-state index is 12.7. The van der Waals surface area contributed by atoms with Crippen molar-refractivity contribution in [2.24, 2.45) is 0 Å². The van der Waals surface area contributed by atoms with Gasteiger partial charge in [-0.3, -0.25) is 19.8 Å². The minimum absolute atomic E-state index is 0.0299. The van der Waals surface area contributed by atoms with Crippen molar-refractivity contribution in [3.63, 3.8) is 0 Å². The van der Waals surface area contributed by atoms with Crippen molar-refractivity contribution in [1.29, 1.82) is 0 Å². The summed E-state index contributed by atoms with van der Waals surface area (Å²) in [5, 5.41) is 14.0. The number of thiophene rings is 1. The number of nitrogens with zero attached hydrogens (tertiary/aromatic N) is 2. The molecule has 1 N–H and O–H groups in total. The van der Waals surface area contributed by atoms with Crippen molar-refractivity contribution in [1.82, 2.24) is 10.2 Å². The number of hydrogen-bond donors (Lipinski definition) is 1. The highest BCUT2D eigenvalue weighted by Crippen LogP contribution is 2.35. The Kier molecular flexibility index (Phi) is 6.08. The molecule has 0 atom stereocenters. The number of benzene rings is 2. The standard InChI is InChI=1S/C21H14ClN3O4S2/c22-14-3-7-16(8-4-14)30-19-10-9-17(31-19)11-18-20(26)24(21(27)23-18)12-13-1-5-15(6-2-13)25(28)29/h1-11H,12H2,(H,23,27)/b18-11-. The molecule has 0 radical (unpaired) electrons. The molecule has 1 aromatic heterocycles. The maximum atomic E-state index is 12.7. The summed E-state index contributed by atoms with van der Waals surface area (Å²) in [5.74, 6) is -0.441. The van der Waals surface area contributed by atoms with Crippen molar-refractivity contribution >= 4 is 58.4 Å². The highest BCUT2D eigenvalue weighted by molar-refractivity contribution is 8.01. The largest absolute Gasteiger partial charge is 0.329 e. The van der Waals surface area contributed by atoms with E-state index in [1.807, 2.05) is 36.4 Å². The van der Waals surface area contributed by atoms with Gasteiger partial charge in [0, 0.05) is 26.9 Å². The van der Waals surface area contributed by atoms with E-state index in [0.29, 0.717) is 10.6 Å². The first kappa shape index (κ1) is 21.1. The fourth-order valence-electron chi connectivity index (χ4n) is 2.85. The lowest BCUT2D eigenvalue weighted by Gasteiger charge is -2.11. The van der Waals surface area contributed by atoms with E-state index < -0.39 is 16.9 Å². The number of halogens is 1. The van der Waals surface area contributed by atoms with Crippen LogP contribution in [0.25, 0.3) is 6.08 Å². The van der Waals surface area contributed by atoms with Crippen LogP contribution in [0.2, 0.25) is 5.02 Å². The Bertz CT molecular complexity index is 1190. The molecule has 7 nitrogen and oxygen atoms in total. The fourth-order valence-corrected chi connectivity index (χ4v) is 5.04. The Balaban J connectivity index is 1.45. The summed E-state index contributed by atoms with van der Waals surface area (Å²) in [6.45, 7) is 0.0299. The van der Waals surface area contributed by atoms with Crippen LogP contribution in [0.5, 0.6) is 0 Å². The van der Waals surface area contributed by atoms with Gasteiger partial charge in [-0.1, -0.05) is 35.5 Å². The van der Waals surface area contributed by atoms with E-state index in [1.165, 1.54) is 35.6 Å². The highest BCUT2D eigenvalue weighted by atomic mass is 35.5. The van der Waals surface area contributed by atoms with E-state index >= 15 is 0 Å². The molecule has 0 bridgehead atoms. The lowest BCUT2D eigenvalue weighted by atomic mass is 10.2. The number of imide groups is 1. The zero-order valence-corrected chi connectivity index (χ0v) is 18.2. The van der Waals surface area contributed by atoms with Gasteiger partial charge in [0.25, 0.3) is 11.6 Å². The lowest BCUT2D eigenvalue weighted by molar-refractivity contribution is -0.384. The minimum Gasteiger partial charge on any atom is -0.303 e. The average molecular weight is 472 g/mol. The first-order chi connectivity index (χ1) is 14.9. The molecule has 2 heterocycles. The highest BCUT2D eigenvalue weighted by Gasteiger charge is 2.33. The van der Waals surface area contributed by atoms with E-state index in [9.17, 15) is 19.7 Å². The summed E-state index contributed by atoms with van der Waals surface area (Å²) >= 11 is 8.99. The molecule has 0 spiro atoms. The first-order valence-corrected chi connectivity index (χ1v) is 11.0. The summed E-state index contributed by atoms with van der Waals surface area (Å²) < 4.78 is 1.04. The molecule has 3 aromatic rings. The number of nitrogens with one attached hydrogen (secondary N) is 1. The molecule has 1 aliphatic heterocycles. The Morgan fingerprint density at radius 2 is 1.77 bits per heavy atom. The fraction of sp³-hybridized carbons (Fsp3) is 0.0476. The van der Waals surface area contributed by atoms with E-state index in [1.54, 1.807) is 17.8 Å². The summed E-state index contributed by atoms with van der Waals surface area (Å²) in [5.41, 5.74) is 0.761. The molecular weight excluding hydrogens is 458 g/mol. The number of amides is 3. The maximum Gasteiger partial charge on any atom is 0.329 e.